The van der Waals surface area contributed by atoms with Crippen LogP contribution in [-0.2, 0) is 0 Å². The average molecular weight is 362 g/mol. The van der Waals surface area contributed by atoms with Gasteiger partial charge in [0.25, 0.3) is 0 Å². The number of hydrogen-bond acceptors (Lipinski definition) is 6. The third kappa shape index (κ3) is 3.34. The van der Waals surface area contributed by atoms with Gasteiger partial charge in [-0.3, -0.25) is 0 Å². The SMILES string of the molecule is COc1cc(OC)c(OC)c(-c2cc(C(=O)O)cc(C(=O)O)c2)c1OC. The second kappa shape index (κ2) is 7.64. The molecule has 0 heterocycles. The highest BCUT2D eigenvalue weighted by atomic mass is 16.5. The minimum absolute atomic E-state index is 0.189. The molecule has 0 aliphatic heterocycles. The molecule has 0 aromatic heterocycles. The summed E-state index contributed by atoms with van der Waals surface area (Å²) in [6.45, 7) is 0. The molecule has 2 aromatic carbocycles. The van der Waals surface area contributed by atoms with E-state index in [1.54, 1.807) is 6.07 Å². The van der Waals surface area contributed by atoms with Crippen LogP contribution in [0.2, 0.25) is 0 Å². The van der Waals surface area contributed by atoms with E-state index in [1.807, 2.05) is 0 Å². The molecule has 8 heteroatoms. The monoisotopic (exact) mass is 362 g/mol. The molecular weight excluding hydrogens is 344 g/mol. The lowest BCUT2D eigenvalue weighted by molar-refractivity contribution is 0.0696. The second-order valence-corrected chi connectivity index (χ2v) is 5.13. The largest absolute Gasteiger partial charge is 0.493 e. The minimum atomic E-state index is -1.26. The molecule has 0 bridgehead atoms. The molecule has 0 radical (unpaired) electrons. The van der Waals surface area contributed by atoms with Crippen LogP contribution in [0.15, 0.2) is 24.3 Å². The summed E-state index contributed by atoms with van der Waals surface area (Å²) in [5.41, 5.74) is 0.210. The molecule has 0 saturated heterocycles. The van der Waals surface area contributed by atoms with Crippen molar-refractivity contribution in [2.75, 3.05) is 28.4 Å². The van der Waals surface area contributed by atoms with Gasteiger partial charge in [-0.1, -0.05) is 0 Å². The Bertz CT molecular complexity index is 794. The van der Waals surface area contributed by atoms with Crippen molar-refractivity contribution in [3.63, 3.8) is 0 Å². The Morgan fingerprint density at radius 3 is 1.42 bits per heavy atom. The van der Waals surface area contributed by atoms with Gasteiger partial charge < -0.3 is 29.2 Å². The molecule has 0 aliphatic carbocycles. The van der Waals surface area contributed by atoms with Gasteiger partial charge in [-0.25, -0.2) is 9.59 Å². The Balaban J connectivity index is 2.94. The predicted octanol–water partition coefficient (Wildman–Crippen LogP) is 2.78. The number of methoxy groups -OCH3 is 4. The fourth-order valence-corrected chi connectivity index (χ4v) is 2.59. The first-order valence-electron chi connectivity index (χ1n) is 7.36. The lowest BCUT2D eigenvalue weighted by Gasteiger charge is -2.19. The average Bonchev–Trinajstić information content (AvgIpc) is 2.65. The normalized spacial score (nSPS) is 10.2. The number of aromatic carboxylic acids is 2. The standard InChI is InChI=1S/C18H18O8/c1-23-12-8-13(24-2)16(26-4)14(15(12)25-3)9-5-10(17(19)20)7-11(6-9)18(21)22/h5-8H,1-4H3,(H,19,20)(H,21,22). The number of hydrogen-bond donors (Lipinski definition) is 2. The van der Waals surface area contributed by atoms with Gasteiger partial charge in [-0.2, -0.15) is 0 Å². The molecular formula is C18H18O8. The van der Waals surface area contributed by atoms with Gasteiger partial charge in [0.2, 0.25) is 0 Å². The summed E-state index contributed by atoms with van der Waals surface area (Å²) in [6.07, 6.45) is 0. The van der Waals surface area contributed by atoms with Crippen molar-refractivity contribution in [1.29, 1.82) is 0 Å². The number of benzene rings is 2. The van der Waals surface area contributed by atoms with Crippen LogP contribution >= 0.6 is 0 Å². The Labute approximate surface area is 149 Å². The lowest BCUT2D eigenvalue weighted by Crippen LogP contribution is -2.05. The zero-order valence-electron chi connectivity index (χ0n) is 14.7. The predicted molar refractivity (Wildman–Crippen MR) is 92.0 cm³/mol. The maximum atomic E-state index is 11.4. The summed E-state index contributed by atoms with van der Waals surface area (Å²) in [5, 5.41) is 18.6. The first-order valence-corrected chi connectivity index (χ1v) is 7.36. The van der Waals surface area contributed by atoms with E-state index < -0.39 is 11.9 Å². The van der Waals surface area contributed by atoms with Gasteiger partial charge in [0.1, 0.15) is 0 Å². The van der Waals surface area contributed by atoms with E-state index in [-0.39, 0.29) is 28.2 Å². The van der Waals surface area contributed by atoms with Gasteiger partial charge in [0.15, 0.2) is 23.0 Å². The van der Waals surface area contributed by atoms with Gasteiger partial charge >= 0.3 is 11.9 Å². The fraction of sp³-hybridized carbons (Fsp3) is 0.222. The van der Waals surface area contributed by atoms with E-state index in [2.05, 4.69) is 0 Å². The number of carbonyl (C=O) groups is 2. The molecule has 26 heavy (non-hydrogen) atoms. The molecule has 0 unspecified atom stereocenters. The van der Waals surface area contributed by atoms with Crippen LogP contribution in [0.3, 0.4) is 0 Å². The van der Waals surface area contributed by atoms with E-state index in [0.717, 1.165) is 6.07 Å². The highest BCUT2D eigenvalue weighted by Gasteiger charge is 2.24. The fourth-order valence-electron chi connectivity index (χ4n) is 2.59. The summed E-state index contributed by atoms with van der Waals surface area (Å²) >= 11 is 0. The van der Waals surface area contributed by atoms with Gasteiger partial charge in [-0.15, -0.1) is 0 Å². The number of carboxylic acid groups (broad SMARTS) is 2. The summed E-state index contributed by atoms with van der Waals surface area (Å²) in [4.78, 5) is 22.8. The molecule has 0 saturated carbocycles. The Morgan fingerprint density at radius 2 is 1.12 bits per heavy atom. The molecule has 0 aliphatic rings. The van der Waals surface area contributed by atoms with Crippen molar-refractivity contribution in [1.82, 2.24) is 0 Å². The van der Waals surface area contributed by atoms with Crippen LogP contribution in [0.4, 0.5) is 0 Å². The molecule has 0 fully saturated rings. The molecule has 2 N–H and O–H groups in total. The van der Waals surface area contributed by atoms with Crippen LogP contribution < -0.4 is 18.9 Å². The van der Waals surface area contributed by atoms with Crippen molar-refractivity contribution in [2.45, 2.75) is 0 Å². The van der Waals surface area contributed by atoms with Crippen molar-refractivity contribution >= 4 is 11.9 Å². The van der Waals surface area contributed by atoms with Gasteiger partial charge in [0.05, 0.1) is 45.1 Å². The van der Waals surface area contributed by atoms with Crippen LogP contribution in [0, 0.1) is 0 Å². The molecule has 8 nitrogen and oxygen atoms in total. The first kappa shape index (κ1) is 18.9. The Kier molecular flexibility index (Phi) is 5.56. The summed E-state index contributed by atoms with van der Waals surface area (Å²) in [6, 6.07) is 5.28. The van der Waals surface area contributed by atoms with Crippen LogP contribution in [0.1, 0.15) is 20.7 Å². The molecule has 2 aromatic rings. The van der Waals surface area contributed by atoms with Crippen molar-refractivity contribution in [2.24, 2.45) is 0 Å². The van der Waals surface area contributed by atoms with Crippen LogP contribution in [0.5, 0.6) is 23.0 Å². The quantitative estimate of drug-likeness (QED) is 0.773. The minimum Gasteiger partial charge on any atom is -0.493 e. The van der Waals surface area contributed by atoms with E-state index in [0.29, 0.717) is 17.1 Å². The first-order chi connectivity index (χ1) is 12.4. The van der Waals surface area contributed by atoms with Crippen LogP contribution in [0.25, 0.3) is 11.1 Å². The topological polar surface area (TPSA) is 112 Å². The number of carboxylic acids is 2. The summed E-state index contributed by atoms with van der Waals surface area (Å²) < 4.78 is 21.4. The summed E-state index contributed by atoms with van der Waals surface area (Å²) in [5.74, 6) is -1.38. The van der Waals surface area contributed by atoms with E-state index in [9.17, 15) is 19.8 Å². The maximum Gasteiger partial charge on any atom is 0.335 e. The lowest BCUT2D eigenvalue weighted by atomic mass is 9.97. The maximum absolute atomic E-state index is 11.4. The Morgan fingerprint density at radius 1 is 0.692 bits per heavy atom. The third-order valence-electron chi connectivity index (χ3n) is 3.73. The number of rotatable bonds is 7. The number of ether oxygens (including phenoxy) is 4. The van der Waals surface area contributed by atoms with Crippen molar-refractivity contribution < 1.29 is 38.7 Å². The van der Waals surface area contributed by atoms with Crippen molar-refractivity contribution in [3.05, 3.63) is 35.4 Å². The highest BCUT2D eigenvalue weighted by Crippen LogP contribution is 2.50. The highest BCUT2D eigenvalue weighted by molar-refractivity contribution is 5.97. The van der Waals surface area contributed by atoms with E-state index in [1.165, 1.54) is 40.6 Å². The second-order valence-electron chi connectivity index (χ2n) is 5.13. The van der Waals surface area contributed by atoms with Gasteiger partial charge in [0, 0.05) is 6.07 Å². The molecule has 0 atom stereocenters. The van der Waals surface area contributed by atoms with Crippen LogP contribution in [-0.4, -0.2) is 50.6 Å². The van der Waals surface area contributed by atoms with Crippen molar-refractivity contribution in [3.8, 4) is 34.1 Å². The van der Waals surface area contributed by atoms with E-state index >= 15 is 0 Å². The molecule has 2 rings (SSSR count). The third-order valence-corrected chi connectivity index (χ3v) is 3.73. The molecule has 0 amide bonds. The zero-order valence-corrected chi connectivity index (χ0v) is 14.7. The zero-order chi connectivity index (χ0) is 19.4. The molecule has 138 valence electrons. The van der Waals surface area contributed by atoms with E-state index in [4.69, 9.17) is 18.9 Å². The van der Waals surface area contributed by atoms with Gasteiger partial charge in [-0.05, 0) is 23.8 Å². The molecule has 0 spiro atoms. The Hall–Kier alpha value is -3.42. The summed E-state index contributed by atoms with van der Waals surface area (Å²) in [7, 11) is 5.69. The smallest absolute Gasteiger partial charge is 0.335 e.